The molecule has 0 unspecified atom stereocenters. The number of aromatic nitrogens is 1. The largest absolute Gasteiger partial charge is 0.466 e. The Hall–Kier alpha value is -2.71. The Morgan fingerprint density at radius 2 is 1.89 bits per heavy atom. The average molecular weight is 387 g/mol. The van der Waals surface area contributed by atoms with Crippen LogP contribution < -0.4 is 4.90 Å². The lowest BCUT2D eigenvalue weighted by Gasteiger charge is -2.34. The molecule has 27 heavy (non-hydrogen) atoms. The van der Waals surface area contributed by atoms with Crippen LogP contribution in [-0.2, 0) is 19.6 Å². The van der Waals surface area contributed by atoms with Gasteiger partial charge in [-0.05, 0) is 35.9 Å². The van der Waals surface area contributed by atoms with Gasteiger partial charge >= 0.3 is 5.97 Å². The number of rotatable bonds is 5. The Morgan fingerprint density at radius 3 is 2.56 bits per heavy atom. The van der Waals surface area contributed by atoms with Crippen LogP contribution in [0.25, 0.3) is 6.08 Å². The van der Waals surface area contributed by atoms with E-state index in [-0.39, 0.29) is 4.90 Å². The molecule has 1 aromatic carbocycles. The van der Waals surface area contributed by atoms with Crippen LogP contribution in [0.2, 0.25) is 0 Å². The van der Waals surface area contributed by atoms with Gasteiger partial charge in [-0.25, -0.2) is 18.2 Å². The van der Waals surface area contributed by atoms with Crippen molar-refractivity contribution in [2.75, 3.05) is 38.2 Å². The van der Waals surface area contributed by atoms with Crippen LogP contribution in [0.3, 0.4) is 0 Å². The van der Waals surface area contributed by atoms with Gasteiger partial charge in [0.1, 0.15) is 5.82 Å². The van der Waals surface area contributed by atoms with Gasteiger partial charge in [-0.15, -0.1) is 0 Å². The lowest BCUT2D eigenvalue weighted by atomic mass is 10.2. The molecular formula is C19H21N3O4S. The number of sulfonamides is 1. The first-order valence-electron chi connectivity index (χ1n) is 8.53. The number of anilines is 1. The second kappa shape index (κ2) is 8.32. The fourth-order valence-corrected chi connectivity index (χ4v) is 4.34. The van der Waals surface area contributed by atoms with E-state index in [0.29, 0.717) is 31.7 Å². The van der Waals surface area contributed by atoms with E-state index in [0.717, 1.165) is 5.82 Å². The third kappa shape index (κ3) is 4.53. The van der Waals surface area contributed by atoms with E-state index in [1.807, 2.05) is 18.2 Å². The van der Waals surface area contributed by atoms with Crippen molar-refractivity contribution >= 4 is 27.9 Å². The highest BCUT2D eigenvalue weighted by atomic mass is 32.2. The monoisotopic (exact) mass is 387 g/mol. The van der Waals surface area contributed by atoms with E-state index in [4.69, 9.17) is 0 Å². The van der Waals surface area contributed by atoms with E-state index in [1.54, 1.807) is 30.5 Å². The molecule has 1 saturated heterocycles. The highest BCUT2D eigenvalue weighted by molar-refractivity contribution is 7.89. The number of piperazine rings is 1. The first-order valence-corrected chi connectivity index (χ1v) is 9.97. The summed E-state index contributed by atoms with van der Waals surface area (Å²) in [5, 5.41) is 0. The normalized spacial score (nSPS) is 15.8. The summed E-state index contributed by atoms with van der Waals surface area (Å²) in [6, 6.07) is 12.2. The second-order valence-electron chi connectivity index (χ2n) is 6.01. The lowest BCUT2D eigenvalue weighted by molar-refractivity contribution is -0.134. The van der Waals surface area contributed by atoms with E-state index in [9.17, 15) is 13.2 Å². The second-order valence-corrected chi connectivity index (χ2v) is 7.95. The van der Waals surface area contributed by atoms with E-state index in [2.05, 4.69) is 14.6 Å². The number of hydrogen-bond acceptors (Lipinski definition) is 6. The minimum absolute atomic E-state index is 0.209. The number of carbonyl (C=O) groups excluding carboxylic acids is 1. The van der Waals surface area contributed by atoms with Crippen LogP contribution in [0.4, 0.5) is 5.82 Å². The molecule has 1 aliphatic rings. The molecule has 3 rings (SSSR count). The summed E-state index contributed by atoms with van der Waals surface area (Å²) in [6.07, 6.45) is 4.52. The quantitative estimate of drug-likeness (QED) is 0.575. The van der Waals surface area contributed by atoms with Crippen molar-refractivity contribution in [3.05, 3.63) is 60.3 Å². The van der Waals surface area contributed by atoms with Crippen LogP contribution >= 0.6 is 0 Å². The summed E-state index contributed by atoms with van der Waals surface area (Å²) in [5.74, 6) is 0.360. The van der Waals surface area contributed by atoms with Crippen molar-refractivity contribution < 1.29 is 17.9 Å². The summed E-state index contributed by atoms with van der Waals surface area (Å²) in [5.41, 5.74) is 0.619. The molecule has 0 atom stereocenters. The van der Waals surface area contributed by atoms with Gasteiger partial charge in [0.25, 0.3) is 0 Å². The van der Waals surface area contributed by atoms with Crippen molar-refractivity contribution in [3.63, 3.8) is 0 Å². The highest BCUT2D eigenvalue weighted by Gasteiger charge is 2.28. The van der Waals surface area contributed by atoms with E-state index in [1.165, 1.54) is 23.6 Å². The Balaban J connectivity index is 1.72. The number of ether oxygens (including phenoxy) is 1. The molecule has 2 aromatic rings. The molecule has 8 heteroatoms. The summed E-state index contributed by atoms with van der Waals surface area (Å²) in [6.45, 7) is 1.94. The van der Waals surface area contributed by atoms with Crippen LogP contribution in [-0.4, -0.2) is 57.0 Å². The molecule has 7 nitrogen and oxygen atoms in total. The maximum atomic E-state index is 13.0. The summed E-state index contributed by atoms with van der Waals surface area (Å²) in [4.78, 5) is 17.8. The topological polar surface area (TPSA) is 79.8 Å². The first-order chi connectivity index (χ1) is 13.0. The zero-order chi connectivity index (χ0) is 19.3. The molecule has 0 aliphatic carbocycles. The molecule has 1 fully saturated rings. The predicted octanol–water partition coefficient (Wildman–Crippen LogP) is 1.78. The zero-order valence-electron chi connectivity index (χ0n) is 15.0. The Labute approximate surface area is 158 Å². The van der Waals surface area contributed by atoms with Gasteiger partial charge in [0.2, 0.25) is 10.0 Å². The molecule has 0 radical (unpaired) electrons. The van der Waals surface area contributed by atoms with E-state index >= 15 is 0 Å². The van der Waals surface area contributed by atoms with Crippen molar-refractivity contribution in [3.8, 4) is 0 Å². The highest BCUT2D eigenvalue weighted by Crippen LogP contribution is 2.21. The summed E-state index contributed by atoms with van der Waals surface area (Å²) in [7, 11) is -2.31. The Kier molecular flexibility index (Phi) is 5.88. The molecule has 0 saturated carbocycles. The van der Waals surface area contributed by atoms with Crippen molar-refractivity contribution in [1.82, 2.24) is 9.29 Å². The SMILES string of the molecule is COC(=O)/C=C/c1cccc(S(=O)(=O)N2CCN(c3ccccn3)CC2)c1. The third-order valence-electron chi connectivity index (χ3n) is 4.32. The van der Waals surface area contributed by atoms with Crippen LogP contribution in [0.5, 0.6) is 0 Å². The van der Waals surface area contributed by atoms with Crippen molar-refractivity contribution in [2.24, 2.45) is 0 Å². The summed E-state index contributed by atoms with van der Waals surface area (Å²) >= 11 is 0. The van der Waals surface area contributed by atoms with Gasteiger partial charge in [0.05, 0.1) is 12.0 Å². The minimum atomic E-state index is -3.60. The van der Waals surface area contributed by atoms with Crippen LogP contribution in [0.15, 0.2) is 59.6 Å². The van der Waals surface area contributed by atoms with Crippen LogP contribution in [0, 0.1) is 0 Å². The standard InChI is InChI=1S/C19H21N3O4S/c1-26-19(23)9-8-16-5-4-6-17(15-16)27(24,25)22-13-11-21(12-14-22)18-7-2-3-10-20-18/h2-10,15H,11-14H2,1H3/b9-8+. The smallest absolute Gasteiger partial charge is 0.330 e. The number of methoxy groups -OCH3 is 1. The molecule has 2 heterocycles. The zero-order valence-corrected chi connectivity index (χ0v) is 15.8. The lowest BCUT2D eigenvalue weighted by Crippen LogP contribution is -2.48. The van der Waals surface area contributed by atoms with Crippen molar-refractivity contribution in [2.45, 2.75) is 4.90 Å². The molecule has 0 spiro atoms. The van der Waals surface area contributed by atoms with Crippen molar-refractivity contribution in [1.29, 1.82) is 0 Å². The van der Waals surface area contributed by atoms with Gasteiger partial charge < -0.3 is 9.64 Å². The van der Waals surface area contributed by atoms with Gasteiger partial charge in [-0.3, -0.25) is 0 Å². The Bertz CT molecular complexity index is 921. The summed E-state index contributed by atoms with van der Waals surface area (Å²) < 4.78 is 31.9. The average Bonchev–Trinajstić information content (AvgIpc) is 2.73. The molecule has 1 aliphatic heterocycles. The number of nitrogens with zero attached hydrogens (tertiary/aromatic N) is 3. The van der Waals surface area contributed by atoms with Gasteiger partial charge in [-0.1, -0.05) is 18.2 Å². The molecule has 142 valence electrons. The fourth-order valence-electron chi connectivity index (χ4n) is 2.86. The predicted molar refractivity (Wildman–Crippen MR) is 103 cm³/mol. The first kappa shape index (κ1) is 19.1. The van der Waals surface area contributed by atoms with Gasteiger partial charge in [-0.2, -0.15) is 4.31 Å². The third-order valence-corrected chi connectivity index (χ3v) is 6.22. The molecule has 0 bridgehead atoms. The Morgan fingerprint density at radius 1 is 1.11 bits per heavy atom. The number of pyridine rings is 1. The van der Waals surface area contributed by atoms with E-state index < -0.39 is 16.0 Å². The maximum absolute atomic E-state index is 13.0. The molecule has 0 N–H and O–H groups in total. The van der Waals surface area contributed by atoms with Gasteiger partial charge in [0, 0.05) is 38.5 Å². The van der Waals surface area contributed by atoms with Crippen LogP contribution in [0.1, 0.15) is 5.56 Å². The molecule has 0 amide bonds. The molecule has 1 aromatic heterocycles. The number of hydrogen-bond donors (Lipinski definition) is 0. The fraction of sp³-hybridized carbons (Fsp3) is 0.263. The maximum Gasteiger partial charge on any atom is 0.330 e. The van der Waals surface area contributed by atoms with Gasteiger partial charge in [0.15, 0.2) is 0 Å². The number of benzene rings is 1. The molecular weight excluding hydrogens is 366 g/mol. The number of carbonyl (C=O) groups is 1. The minimum Gasteiger partial charge on any atom is -0.466 e. The number of esters is 1.